The first-order valence-electron chi connectivity index (χ1n) is 7.27. The van der Waals surface area contributed by atoms with Gasteiger partial charge in [-0.05, 0) is 43.9 Å². The van der Waals surface area contributed by atoms with Crippen LogP contribution >= 0.6 is 15.9 Å². The van der Waals surface area contributed by atoms with Gasteiger partial charge in [-0.3, -0.25) is 9.59 Å². The molecule has 4 nitrogen and oxygen atoms in total. The molecule has 0 unspecified atom stereocenters. The van der Waals surface area contributed by atoms with Crippen LogP contribution in [0.5, 0.6) is 0 Å². The molecule has 2 atom stereocenters. The number of carbonyl (C=O) groups excluding carboxylic acids is 1. The molecule has 0 radical (unpaired) electrons. The van der Waals surface area contributed by atoms with Gasteiger partial charge in [0.2, 0.25) is 5.91 Å². The second-order valence-electron chi connectivity index (χ2n) is 5.53. The lowest BCUT2D eigenvalue weighted by Crippen LogP contribution is -2.35. The van der Waals surface area contributed by atoms with Crippen molar-refractivity contribution in [2.24, 2.45) is 11.8 Å². The predicted octanol–water partition coefficient (Wildman–Crippen LogP) is 3.30. The van der Waals surface area contributed by atoms with Crippen molar-refractivity contribution in [1.29, 1.82) is 0 Å². The molecule has 1 amide bonds. The SMILES string of the molecule is CCN(Cc1cccc(Br)c1)C(=O)[C@@H]1CC[C@H](C(=O)O)C1. The summed E-state index contributed by atoms with van der Waals surface area (Å²) in [4.78, 5) is 25.4. The molecule has 1 aliphatic rings. The Hall–Kier alpha value is -1.36. The van der Waals surface area contributed by atoms with E-state index in [1.54, 1.807) is 0 Å². The fourth-order valence-corrected chi connectivity index (χ4v) is 3.34. The number of carbonyl (C=O) groups is 2. The molecule has 0 heterocycles. The minimum Gasteiger partial charge on any atom is -0.481 e. The Morgan fingerprint density at radius 3 is 2.62 bits per heavy atom. The number of rotatable bonds is 5. The first kappa shape index (κ1) is 16.0. The summed E-state index contributed by atoms with van der Waals surface area (Å²) < 4.78 is 0.996. The summed E-state index contributed by atoms with van der Waals surface area (Å²) in [6.07, 6.45) is 1.77. The molecular weight excluding hydrogens is 334 g/mol. The molecule has 0 aliphatic heterocycles. The van der Waals surface area contributed by atoms with Crippen molar-refractivity contribution >= 4 is 27.8 Å². The highest BCUT2D eigenvalue weighted by Gasteiger charge is 2.35. The van der Waals surface area contributed by atoms with Crippen molar-refractivity contribution in [3.63, 3.8) is 0 Å². The Morgan fingerprint density at radius 2 is 2.05 bits per heavy atom. The van der Waals surface area contributed by atoms with Crippen LogP contribution in [0.4, 0.5) is 0 Å². The van der Waals surface area contributed by atoms with Crippen molar-refractivity contribution in [2.45, 2.75) is 32.7 Å². The molecule has 21 heavy (non-hydrogen) atoms. The number of carboxylic acids is 1. The van der Waals surface area contributed by atoms with E-state index in [0.29, 0.717) is 32.4 Å². The van der Waals surface area contributed by atoms with Gasteiger partial charge in [0.05, 0.1) is 5.92 Å². The Labute approximate surface area is 133 Å². The number of hydrogen-bond donors (Lipinski definition) is 1. The van der Waals surface area contributed by atoms with E-state index in [1.807, 2.05) is 36.1 Å². The molecule has 2 rings (SSSR count). The van der Waals surface area contributed by atoms with E-state index in [1.165, 1.54) is 0 Å². The van der Waals surface area contributed by atoms with Gasteiger partial charge >= 0.3 is 5.97 Å². The third-order valence-electron chi connectivity index (χ3n) is 4.09. The van der Waals surface area contributed by atoms with E-state index in [-0.39, 0.29) is 17.7 Å². The van der Waals surface area contributed by atoms with Crippen molar-refractivity contribution in [3.8, 4) is 0 Å². The lowest BCUT2D eigenvalue weighted by Gasteiger charge is -2.24. The quantitative estimate of drug-likeness (QED) is 0.883. The molecule has 0 aromatic heterocycles. The van der Waals surface area contributed by atoms with Crippen LogP contribution in [0.15, 0.2) is 28.7 Å². The fourth-order valence-electron chi connectivity index (χ4n) is 2.89. The molecule has 1 aromatic rings. The van der Waals surface area contributed by atoms with Crippen LogP contribution < -0.4 is 0 Å². The normalized spacial score (nSPS) is 21.2. The molecule has 0 bridgehead atoms. The minimum absolute atomic E-state index is 0.0845. The van der Waals surface area contributed by atoms with E-state index in [4.69, 9.17) is 5.11 Å². The standard InChI is InChI=1S/C16H20BrNO3/c1-2-18(10-11-4-3-5-14(17)8-11)15(19)12-6-7-13(9-12)16(20)21/h3-5,8,12-13H,2,6-7,9-10H2,1H3,(H,20,21)/t12-,13+/m1/s1. The fraction of sp³-hybridized carbons (Fsp3) is 0.500. The molecular formula is C16H20BrNO3. The second-order valence-corrected chi connectivity index (χ2v) is 6.44. The molecule has 1 fully saturated rings. The molecule has 1 aromatic carbocycles. The highest BCUT2D eigenvalue weighted by atomic mass is 79.9. The van der Waals surface area contributed by atoms with E-state index in [9.17, 15) is 9.59 Å². The molecule has 0 spiro atoms. The monoisotopic (exact) mass is 353 g/mol. The summed E-state index contributed by atoms with van der Waals surface area (Å²) in [5, 5.41) is 9.04. The number of amides is 1. The van der Waals surface area contributed by atoms with Crippen LogP contribution in [0.2, 0.25) is 0 Å². The van der Waals surface area contributed by atoms with Gasteiger partial charge in [0.15, 0.2) is 0 Å². The smallest absolute Gasteiger partial charge is 0.306 e. The Bertz CT molecular complexity index is 532. The molecule has 5 heteroatoms. The van der Waals surface area contributed by atoms with Gasteiger partial charge < -0.3 is 10.0 Å². The second kappa shape index (κ2) is 7.07. The Kier molecular flexibility index (Phi) is 5.39. The van der Waals surface area contributed by atoms with Crippen LogP contribution in [-0.2, 0) is 16.1 Å². The summed E-state index contributed by atoms with van der Waals surface area (Å²) in [5.74, 6) is -1.19. The molecule has 1 N–H and O–H groups in total. The highest BCUT2D eigenvalue weighted by Crippen LogP contribution is 2.32. The summed E-state index contributed by atoms with van der Waals surface area (Å²) in [5.41, 5.74) is 1.08. The molecule has 1 saturated carbocycles. The number of hydrogen-bond acceptors (Lipinski definition) is 2. The zero-order chi connectivity index (χ0) is 15.4. The zero-order valence-electron chi connectivity index (χ0n) is 12.1. The summed E-state index contributed by atoms with van der Waals surface area (Å²) >= 11 is 3.43. The lowest BCUT2D eigenvalue weighted by molar-refractivity contribution is -0.141. The molecule has 0 saturated heterocycles. The maximum absolute atomic E-state index is 12.6. The van der Waals surface area contributed by atoms with Gasteiger partial charge in [0.25, 0.3) is 0 Å². The van der Waals surface area contributed by atoms with Crippen LogP contribution in [0, 0.1) is 11.8 Å². The predicted molar refractivity (Wildman–Crippen MR) is 83.7 cm³/mol. The molecule has 1 aliphatic carbocycles. The average Bonchev–Trinajstić information content (AvgIpc) is 2.94. The van der Waals surface area contributed by atoms with E-state index < -0.39 is 5.97 Å². The van der Waals surface area contributed by atoms with Crippen LogP contribution in [0.25, 0.3) is 0 Å². The average molecular weight is 354 g/mol. The first-order chi connectivity index (χ1) is 10.0. The third kappa shape index (κ3) is 4.06. The number of benzene rings is 1. The third-order valence-corrected chi connectivity index (χ3v) is 4.58. The van der Waals surface area contributed by atoms with Gasteiger partial charge in [-0.1, -0.05) is 28.1 Å². The summed E-state index contributed by atoms with van der Waals surface area (Å²) in [6, 6.07) is 7.91. The number of nitrogens with zero attached hydrogens (tertiary/aromatic N) is 1. The first-order valence-corrected chi connectivity index (χ1v) is 8.06. The van der Waals surface area contributed by atoms with Crippen molar-refractivity contribution in [1.82, 2.24) is 4.90 Å². The minimum atomic E-state index is -0.777. The number of carboxylic acid groups (broad SMARTS) is 1. The van der Waals surface area contributed by atoms with Gasteiger partial charge in [-0.25, -0.2) is 0 Å². The van der Waals surface area contributed by atoms with Gasteiger partial charge in [0, 0.05) is 23.5 Å². The summed E-state index contributed by atoms with van der Waals surface area (Å²) in [7, 11) is 0. The maximum Gasteiger partial charge on any atom is 0.306 e. The largest absolute Gasteiger partial charge is 0.481 e. The van der Waals surface area contributed by atoms with E-state index >= 15 is 0 Å². The lowest BCUT2D eigenvalue weighted by atomic mass is 10.0. The van der Waals surface area contributed by atoms with E-state index in [2.05, 4.69) is 15.9 Å². The topological polar surface area (TPSA) is 57.6 Å². The van der Waals surface area contributed by atoms with Crippen molar-refractivity contribution < 1.29 is 14.7 Å². The van der Waals surface area contributed by atoms with Crippen molar-refractivity contribution in [3.05, 3.63) is 34.3 Å². The molecule has 114 valence electrons. The van der Waals surface area contributed by atoms with Gasteiger partial charge in [0.1, 0.15) is 0 Å². The van der Waals surface area contributed by atoms with Gasteiger partial charge in [-0.2, -0.15) is 0 Å². The number of halogens is 1. The van der Waals surface area contributed by atoms with E-state index in [0.717, 1.165) is 10.0 Å². The van der Waals surface area contributed by atoms with Crippen LogP contribution in [-0.4, -0.2) is 28.4 Å². The van der Waals surface area contributed by atoms with Crippen LogP contribution in [0.3, 0.4) is 0 Å². The highest BCUT2D eigenvalue weighted by molar-refractivity contribution is 9.10. The van der Waals surface area contributed by atoms with Gasteiger partial charge in [-0.15, -0.1) is 0 Å². The Balaban J connectivity index is 2.01. The zero-order valence-corrected chi connectivity index (χ0v) is 13.7. The van der Waals surface area contributed by atoms with Crippen molar-refractivity contribution in [2.75, 3.05) is 6.54 Å². The maximum atomic E-state index is 12.6. The number of aliphatic carboxylic acids is 1. The Morgan fingerprint density at radius 1 is 1.33 bits per heavy atom. The van der Waals surface area contributed by atoms with Crippen LogP contribution in [0.1, 0.15) is 31.7 Å². The summed E-state index contributed by atoms with van der Waals surface area (Å²) in [6.45, 7) is 3.17.